The van der Waals surface area contributed by atoms with E-state index in [2.05, 4.69) is 29.0 Å². The number of H-pyrrole nitrogens is 1. The molecule has 0 radical (unpaired) electrons. The first kappa shape index (κ1) is 21.0. The van der Waals surface area contributed by atoms with E-state index >= 15 is 0 Å². The van der Waals surface area contributed by atoms with Crippen LogP contribution >= 0.6 is 11.8 Å². The molecule has 0 atom stereocenters. The highest BCUT2D eigenvalue weighted by atomic mass is 32.2. The molecular formula is C22H25N3O3S. The third kappa shape index (κ3) is 4.50. The minimum atomic E-state index is -0.0940. The maximum Gasteiger partial charge on any atom is 0.277 e. The van der Waals surface area contributed by atoms with Gasteiger partial charge in [-0.05, 0) is 49.4 Å². The van der Waals surface area contributed by atoms with Crippen molar-refractivity contribution in [1.82, 2.24) is 15.2 Å². The molecule has 2 aromatic heterocycles. The van der Waals surface area contributed by atoms with Crippen LogP contribution in [0, 0.1) is 6.92 Å². The van der Waals surface area contributed by atoms with Gasteiger partial charge < -0.3 is 9.40 Å². The lowest BCUT2D eigenvalue weighted by Gasteiger charge is -2.04. The number of carbonyl (C=O) groups excluding carboxylic acids is 2. The van der Waals surface area contributed by atoms with E-state index in [0.717, 1.165) is 16.8 Å². The average molecular weight is 412 g/mol. The Bertz CT molecular complexity index is 1030. The second kappa shape index (κ2) is 8.78. The number of hydrogen-bond donors (Lipinski definition) is 1. The minimum Gasteiger partial charge on any atom is -0.411 e. The molecule has 0 spiro atoms. The van der Waals surface area contributed by atoms with Crippen LogP contribution in [0.25, 0.3) is 11.5 Å². The maximum absolute atomic E-state index is 12.7. The van der Waals surface area contributed by atoms with Gasteiger partial charge in [0, 0.05) is 16.8 Å². The highest BCUT2D eigenvalue weighted by Crippen LogP contribution is 2.27. The van der Waals surface area contributed by atoms with Gasteiger partial charge in [-0.2, -0.15) is 0 Å². The van der Waals surface area contributed by atoms with E-state index in [-0.39, 0.29) is 17.3 Å². The molecule has 0 unspecified atom stereocenters. The molecule has 6 nitrogen and oxygen atoms in total. The van der Waals surface area contributed by atoms with Crippen molar-refractivity contribution in [1.29, 1.82) is 0 Å². The normalized spacial score (nSPS) is 11.2. The highest BCUT2D eigenvalue weighted by molar-refractivity contribution is 7.99. The molecule has 152 valence electrons. The lowest BCUT2D eigenvalue weighted by Crippen LogP contribution is -2.07. The van der Waals surface area contributed by atoms with Crippen LogP contribution < -0.4 is 0 Å². The maximum atomic E-state index is 12.7. The summed E-state index contributed by atoms with van der Waals surface area (Å²) in [7, 11) is 0. The van der Waals surface area contributed by atoms with E-state index in [1.807, 2.05) is 38.1 Å². The van der Waals surface area contributed by atoms with Gasteiger partial charge in [-0.3, -0.25) is 9.59 Å². The molecular weight excluding hydrogens is 386 g/mol. The second-order valence-electron chi connectivity index (χ2n) is 7.25. The molecule has 1 aromatic carbocycles. The number of aromatic nitrogens is 3. The second-order valence-corrected chi connectivity index (χ2v) is 8.18. The number of Topliss-reactive ketones (excluding diaryl/α,β-unsaturated/α-hetero) is 2. The van der Waals surface area contributed by atoms with Crippen molar-refractivity contribution < 1.29 is 14.0 Å². The summed E-state index contributed by atoms with van der Waals surface area (Å²) in [6, 6.07) is 8.02. The summed E-state index contributed by atoms with van der Waals surface area (Å²) in [5.41, 5.74) is 4.70. The fourth-order valence-corrected chi connectivity index (χ4v) is 3.98. The Hall–Kier alpha value is -2.67. The Kier molecular flexibility index (Phi) is 6.37. The summed E-state index contributed by atoms with van der Waals surface area (Å²) < 4.78 is 5.70. The Balaban J connectivity index is 1.71. The molecule has 2 heterocycles. The molecule has 0 bridgehead atoms. The van der Waals surface area contributed by atoms with Crippen LogP contribution in [0.2, 0.25) is 0 Å². The van der Waals surface area contributed by atoms with Gasteiger partial charge in [-0.25, -0.2) is 0 Å². The van der Waals surface area contributed by atoms with E-state index in [9.17, 15) is 9.59 Å². The first-order chi connectivity index (χ1) is 13.8. The Morgan fingerprint density at radius 1 is 1.17 bits per heavy atom. The van der Waals surface area contributed by atoms with E-state index in [4.69, 9.17) is 4.42 Å². The van der Waals surface area contributed by atoms with Crippen LogP contribution in [0.1, 0.15) is 71.3 Å². The quantitative estimate of drug-likeness (QED) is 0.403. The zero-order valence-corrected chi connectivity index (χ0v) is 18.1. The monoisotopic (exact) mass is 411 g/mol. The van der Waals surface area contributed by atoms with Gasteiger partial charge in [-0.1, -0.05) is 44.7 Å². The van der Waals surface area contributed by atoms with Crippen LogP contribution in [0.15, 0.2) is 33.9 Å². The number of aromatic amines is 1. The van der Waals surface area contributed by atoms with Gasteiger partial charge >= 0.3 is 0 Å². The van der Waals surface area contributed by atoms with Crippen molar-refractivity contribution >= 4 is 23.3 Å². The third-order valence-corrected chi connectivity index (χ3v) is 5.65. The molecule has 3 rings (SSSR count). The first-order valence-corrected chi connectivity index (χ1v) is 10.6. The van der Waals surface area contributed by atoms with E-state index in [1.54, 1.807) is 0 Å². The molecule has 0 aliphatic heterocycles. The Morgan fingerprint density at radius 3 is 2.45 bits per heavy atom. The Morgan fingerprint density at radius 2 is 1.86 bits per heavy atom. The number of benzene rings is 1. The smallest absolute Gasteiger partial charge is 0.277 e. The van der Waals surface area contributed by atoms with Gasteiger partial charge in [0.2, 0.25) is 5.89 Å². The fourth-order valence-electron chi connectivity index (χ4n) is 3.34. The SMILES string of the molecule is CCc1c(C(=O)CSc2nnc(-c3ccc(C(C)C)cc3)o2)[nH]c(C)c1C(C)=O. The topological polar surface area (TPSA) is 88.8 Å². The minimum absolute atomic E-state index is 0.0349. The summed E-state index contributed by atoms with van der Waals surface area (Å²) in [4.78, 5) is 27.7. The van der Waals surface area contributed by atoms with Gasteiger partial charge in [0.15, 0.2) is 11.6 Å². The van der Waals surface area contributed by atoms with Gasteiger partial charge in [0.05, 0.1) is 11.4 Å². The molecule has 0 saturated carbocycles. The van der Waals surface area contributed by atoms with E-state index in [1.165, 1.54) is 24.2 Å². The van der Waals surface area contributed by atoms with Crippen LogP contribution in [0.5, 0.6) is 0 Å². The molecule has 29 heavy (non-hydrogen) atoms. The van der Waals surface area contributed by atoms with Crippen LogP contribution in [0.4, 0.5) is 0 Å². The lowest BCUT2D eigenvalue weighted by atomic mass is 10.0. The number of nitrogens with one attached hydrogen (secondary N) is 1. The lowest BCUT2D eigenvalue weighted by molar-refractivity contribution is 0.101. The number of thioether (sulfide) groups is 1. The molecule has 3 aromatic rings. The van der Waals surface area contributed by atoms with Crippen molar-refractivity contribution in [2.45, 2.75) is 52.2 Å². The highest BCUT2D eigenvalue weighted by Gasteiger charge is 2.22. The summed E-state index contributed by atoms with van der Waals surface area (Å²) in [6.07, 6.45) is 0.613. The van der Waals surface area contributed by atoms with Crippen LogP contribution in [-0.2, 0) is 6.42 Å². The van der Waals surface area contributed by atoms with Crippen molar-refractivity contribution in [2.24, 2.45) is 0 Å². The number of hydrogen-bond acceptors (Lipinski definition) is 6. The molecule has 0 aliphatic carbocycles. The van der Waals surface area contributed by atoms with Crippen LogP contribution in [-0.4, -0.2) is 32.5 Å². The number of rotatable bonds is 8. The molecule has 7 heteroatoms. The summed E-state index contributed by atoms with van der Waals surface area (Å²) in [6.45, 7) is 9.55. The van der Waals surface area contributed by atoms with Gasteiger partial charge in [0.25, 0.3) is 5.22 Å². The predicted molar refractivity (Wildman–Crippen MR) is 114 cm³/mol. The van der Waals surface area contributed by atoms with Gasteiger partial charge in [-0.15, -0.1) is 10.2 Å². The number of carbonyl (C=O) groups is 2. The van der Waals surface area contributed by atoms with Crippen molar-refractivity contribution in [3.63, 3.8) is 0 Å². The molecule has 0 saturated heterocycles. The predicted octanol–water partition coefficient (Wildman–Crippen LogP) is 5.24. The van der Waals surface area contributed by atoms with Gasteiger partial charge in [0.1, 0.15) is 0 Å². The standard InChI is InChI=1S/C22H25N3O3S/c1-6-17-19(14(5)26)13(4)23-20(17)18(27)11-29-22-25-24-21(28-22)16-9-7-15(8-10-16)12(2)3/h7-10,12,23H,6,11H2,1-5H3. The molecule has 0 aliphatic rings. The third-order valence-electron chi connectivity index (χ3n) is 4.83. The van der Waals surface area contributed by atoms with Crippen LogP contribution in [0.3, 0.4) is 0 Å². The van der Waals surface area contributed by atoms with E-state index in [0.29, 0.717) is 34.7 Å². The molecule has 0 amide bonds. The van der Waals surface area contributed by atoms with Crippen molar-refractivity contribution in [2.75, 3.05) is 5.75 Å². The number of ketones is 2. The largest absolute Gasteiger partial charge is 0.411 e. The average Bonchev–Trinajstić information content (AvgIpc) is 3.30. The zero-order chi connectivity index (χ0) is 21.1. The first-order valence-electron chi connectivity index (χ1n) is 9.64. The van der Waals surface area contributed by atoms with Crippen molar-refractivity contribution in [3.8, 4) is 11.5 Å². The fraction of sp³-hybridized carbons (Fsp3) is 0.364. The summed E-state index contributed by atoms with van der Waals surface area (Å²) in [5, 5.41) is 8.47. The number of nitrogens with zero attached hydrogens (tertiary/aromatic N) is 2. The van der Waals surface area contributed by atoms with Crippen molar-refractivity contribution in [3.05, 3.63) is 52.3 Å². The zero-order valence-electron chi connectivity index (χ0n) is 17.3. The Labute approximate surface area is 174 Å². The van der Waals surface area contributed by atoms with E-state index < -0.39 is 0 Å². The molecule has 0 fully saturated rings. The molecule has 1 N–H and O–H groups in total. The summed E-state index contributed by atoms with van der Waals surface area (Å²) >= 11 is 1.19. The number of aryl methyl sites for hydroxylation is 1. The summed E-state index contributed by atoms with van der Waals surface area (Å²) in [5.74, 6) is 0.907.